The van der Waals surface area contributed by atoms with Crippen LogP contribution in [0, 0.1) is 10.1 Å². The topological polar surface area (TPSA) is 133 Å². The molecular formula is C15H12N2O7S. The van der Waals surface area contributed by atoms with Crippen LogP contribution >= 0.6 is 0 Å². The van der Waals surface area contributed by atoms with E-state index in [0.29, 0.717) is 6.29 Å². The van der Waals surface area contributed by atoms with E-state index < -0.39 is 26.7 Å². The first-order valence-electron chi connectivity index (χ1n) is 6.74. The molecule has 0 fully saturated rings. The van der Waals surface area contributed by atoms with Gasteiger partial charge in [-0.15, -0.1) is 0 Å². The van der Waals surface area contributed by atoms with E-state index in [9.17, 15) is 28.1 Å². The third-order valence-corrected chi connectivity index (χ3v) is 4.62. The van der Waals surface area contributed by atoms with Gasteiger partial charge in [-0.05, 0) is 18.2 Å². The molecule has 2 aromatic carbocycles. The van der Waals surface area contributed by atoms with Gasteiger partial charge in [-0.25, -0.2) is 17.9 Å². The van der Waals surface area contributed by atoms with Crippen LogP contribution in [-0.4, -0.2) is 32.8 Å². The Morgan fingerprint density at radius 2 is 1.80 bits per heavy atom. The molecule has 9 nitrogen and oxygen atoms in total. The molecule has 2 aromatic rings. The maximum Gasteiger partial charge on any atom is 0.420 e. The Morgan fingerprint density at radius 1 is 1.16 bits per heavy atom. The van der Waals surface area contributed by atoms with Gasteiger partial charge in [0.25, 0.3) is 15.7 Å². The van der Waals surface area contributed by atoms with Crippen molar-refractivity contribution in [2.45, 2.75) is 4.90 Å². The first-order valence-corrected chi connectivity index (χ1v) is 8.23. The molecule has 0 aliphatic rings. The summed E-state index contributed by atoms with van der Waals surface area (Å²) >= 11 is 0. The van der Waals surface area contributed by atoms with Crippen molar-refractivity contribution in [1.29, 1.82) is 0 Å². The number of sulfonamides is 1. The highest BCUT2D eigenvalue weighted by molar-refractivity contribution is 7.90. The van der Waals surface area contributed by atoms with Crippen molar-refractivity contribution >= 4 is 28.1 Å². The molecule has 0 radical (unpaired) electrons. The van der Waals surface area contributed by atoms with Crippen molar-refractivity contribution in [3.63, 3.8) is 0 Å². The third-order valence-electron chi connectivity index (χ3n) is 3.25. The van der Waals surface area contributed by atoms with Crippen molar-refractivity contribution in [3.8, 4) is 11.1 Å². The number of nitro groups is 1. The maximum atomic E-state index is 12.4. The molecule has 0 unspecified atom stereocenters. The van der Waals surface area contributed by atoms with Crippen LogP contribution in [0.3, 0.4) is 0 Å². The number of hydrogen-bond acceptors (Lipinski definition) is 7. The van der Waals surface area contributed by atoms with Gasteiger partial charge in [-0.1, -0.05) is 24.3 Å². The second kappa shape index (κ2) is 7.09. The van der Waals surface area contributed by atoms with Gasteiger partial charge in [0.2, 0.25) is 0 Å². The summed E-state index contributed by atoms with van der Waals surface area (Å²) in [7, 11) is -3.35. The van der Waals surface area contributed by atoms with Gasteiger partial charge in [-0.3, -0.25) is 14.9 Å². The largest absolute Gasteiger partial charge is 0.452 e. The predicted octanol–water partition coefficient (Wildman–Crippen LogP) is 2.12. The molecule has 0 atom stereocenters. The minimum absolute atomic E-state index is 0.0331. The molecule has 0 saturated heterocycles. The Bertz CT molecular complexity index is 954. The second-order valence-corrected chi connectivity index (χ2v) is 6.36. The lowest BCUT2D eigenvalue weighted by molar-refractivity contribution is -0.384. The number of rotatable bonds is 5. The van der Waals surface area contributed by atoms with Gasteiger partial charge in [0, 0.05) is 5.56 Å². The molecule has 0 spiro atoms. The lowest BCUT2D eigenvalue weighted by Gasteiger charge is -2.12. The van der Waals surface area contributed by atoms with E-state index in [1.165, 1.54) is 42.5 Å². The summed E-state index contributed by atoms with van der Waals surface area (Å²) in [6.45, 7) is 0. The number of methoxy groups -OCH3 is 1. The van der Waals surface area contributed by atoms with Gasteiger partial charge in [0.15, 0.2) is 6.29 Å². The number of ether oxygens (including phenoxy) is 1. The van der Waals surface area contributed by atoms with E-state index in [-0.39, 0.29) is 21.6 Å². The second-order valence-electron chi connectivity index (χ2n) is 4.71. The number of aldehydes is 1. The molecule has 130 valence electrons. The van der Waals surface area contributed by atoms with Crippen LogP contribution in [0.4, 0.5) is 10.5 Å². The number of amides is 1. The van der Waals surface area contributed by atoms with Crippen LogP contribution in [0.5, 0.6) is 0 Å². The normalized spacial score (nSPS) is 10.8. The SMILES string of the molecule is COC(=O)NS(=O)(=O)c1ccccc1-c1cccc(C=O)c1[N+](=O)[O-]. The van der Waals surface area contributed by atoms with E-state index in [2.05, 4.69) is 4.74 Å². The number of nitrogens with zero attached hydrogens (tertiary/aromatic N) is 1. The maximum absolute atomic E-state index is 12.4. The number of carbonyl (C=O) groups is 2. The fourth-order valence-corrected chi connectivity index (χ4v) is 3.35. The number of para-hydroxylation sites is 1. The molecule has 0 aliphatic heterocycles. The molecule has 25 heavy (non-hydrogen) atoms. The smallest absolute Gasteiger partial charge is 0.420 e. The van der Waals surface area contributed by atoms with E-state index in [0.717, 1.165) is 7.11 Å². The van der Waals surface area contributed by atoms with E-state index in [1.54, 1.807) is 4.72 Å². The summed E-state index contributed by atoms with van der Waals surface area (Å²) in [4.78, 5) is 32.6. The summed E-state index contributed by atoms with van der Waals surface area (Å²) in [5.41, 5.74) is -0.830. The minimum atomic E-state index is -4.35. The summed E-state index contributed by atoms with van der Waals surface area (Å²) in [5, 5.41) is 11.4. The molecule has 0 heterocycles. The molecule has 10 heteroatoms. The number of nitrogens with one attached hydrogen (secondary N) is 1. The number of hydrogen-bond donors (Lipinski definition) is 1. The molecule has 2 rings (SSSR count). The van der Waals surface area contributed by atoms with E-state index >= 15 is 0 Å². The first-order chi connectivity index (χ1) is 11.8. The lowest BCUT2D eigenvalue weighted by atomic mass is 10.0. The van der Waals surface area contributed by atoms with Gasteiger partial charge >= 0.3 is 6.09 Å². The van der Waals surface area contributed by atoms with Crippen LogP contribution in [0.1, 0.15) is 10.4 Å². The Morgan fingerprint density at radius 3 is 2.40 bits per heavy atom. The lowest BCUT2D eigenvalue weighted by Crippen LogP contribution is -2.30. The zero-order chi connectivity index (χ0) is 18.6. The molecule has 1 N–H and O–H groups in total. The van der Waals surface area contributed by atoms with Gasteiger partial charge in [-0.2, -0.15) is 0 Å². The van der Waals surface area contributed by atoms with Crippen LogP contribution in [-0.2, 0) is 14.8 Å². The first kappa shape index (κ1) is 18.1. The number of benzene rings is 2. The standard InChI is InChI=1S/C15H12N2O7S/c1-24-15(19)16-25(22,23)13-8-3-2-6-11(13)12-7-4-5-10(9-18)14(12)17(20)21/h2-9H,1H3,(H,16,19). The van der Waals surface area contributed by atoms with Crippen LogP contribution in [0.15, 0.2) is 47.4 Å². The molecule has 0 bridgehead atoms. The third kappa shape index (κ3) is 3.63. The summed E-state index contributed by atoms with van der Waals surface area (Å²) < 4.78 is 30.7. The molecular weight excluding hydrogens is 352 g/mol. The highest BCUT2D eigenvalue weighted by atomic mass is 32.2. The Kier molecular flexibility index (Phi) is 5.13. The highest BCUT2D eigenvalue weighted by Gasteiger charge is 2.27. The molecule has 0 aromatic heterocycles. The quantitative estimate of drug-likeness (QED) is 0.488. The fraction of sp³-hybridized carbons (Fsp3) is 0.0667. The van der Waals surface area contributed by atoms with Crippen molar-refractivity contribution < 1.29 is 27.7 Å². The van der Waals surface area contributed by atoms with Crippen molar-refractivity contribution in [2.75, 3.05) is 7.11 Å². The van der Waals surface area contributed by atoms with Gasteiger partial charge in [0.1, 0.15) is 0 Å². The zero-order valence-corrected chi connectivity index (χ0v) is 13.6. The van der Waals surface area contributed by atoms with Crippen molar-refractivity contribution in [3.05, 3.63) is 58.1 Å². The van der Waals surface area contributed by atoms with Crippen LogP contribution < -0.4 is 4.72 Å². The predicted molar refractivity (Wildman–Crippen MR) is 86.6 cm³/mol. The van der Waals surface area contributed by atoms with E-state index in [4.69, 9.17) is 0 Å². The summed E-state index contributed by atoms with van der Waals surface area (Å²) in [6.07, 6.45) is -0.892. The molecule has 1 amide bonds. The Hall–Kier alpha value is -3.27. The fourth-order valence-electron chi connectivity index (χ4n) is 2.21. The average molecular weight is 364 g/mol. The summed E-state index contributed by atoms with van der Waals surface area (Å²) in [5.74, 6) is 0. The van der Waals surface area contributed by atoms with Gasteiger partial charge in [0.05, 0.1) is 28.1 Å². The zero-order valence-electron chi connectivity index (χ0n) is 12.8. The molecule has 0 saturated carbocycles. The number of nitro benzene ring substituents is 1. The van der Waals surface area contributed by atoms with Crippen LogP contribution in [0.25, 0.3) is 11.1 Å². The van der Waals surface area contributed by atoms with E-state index in [1.807, 2.05) is 0 Å². The average Bonchev–Trinajstić information content (AvgIpc) is 2.60. The summed E-state index contributed by atoms with van der Waals surface area (Å²) in [6, 6.07) is 9.34. The van der Waals surface area contributed by atoms with Crippen molar-refractivity contribution in [2.24, 2.45) is 0 Å². The number of carbonyl (C=O) groups excluding carboxylic acids is 2. The minimum Gasteiger partial charge on any atom is -0.452 e. The Labute approximate surface area is 142 Å². The monoisotopic (exact) mass is 364 g/mol. The highest BCUT2D eigenvalue weighted by Crippen LogP contribution is 2.35. The molecule has 0 aliphatic carbocycles. The van der Waals surface area contributed by atoms with Gasteiger partial charge < -0.3 is 4.74 Å². The van der Waals surface area contributed by atoms with Crippen molar-refractivity contribution in [1.82, 2.24) is 4.72 Å². The Balaban J connectivity index is 2.74. The van der Waals surface area contributed by atoms with Crippen LogP contribution in [0.2, 0.25) is 0 Å².